The Hall–Kier alpha value is -1.71. The van der Waals surface area contributed by atoms with Crippen LogP contribution in [0, 0.1) is 5.92 Å². The first-order chi connectivity index (χ1) is 9.10. The average Bonchev–Trinajstić information content (AvgIpc) is 3.10. The van der Waals surface area contributed by atoms with Gasteiger partial charge >= 0.3 is 0 Å². The van der Waals surface area contributed by atoms with E-state index >= 15 is 0 Å². The Morgan fingerprint density at radius 2 is 1.95 bits per heavy atom. The van der Waals surface area contributed by atoms with E-state index in [0.717, 1.165) is 18.4 Å². The van der Waals surface area contributed by atoms with Crippen molar-refractivity contribution in [3.63, 3.8) is 0 Å². The highest BCUT2D eigenvalue weighted by atomic mass is 15.2. The van der Waals surface area contributed by atoms with Crippen LogP contribution in [0.15, 0.2) is 29.3 Å². The Morgan fingerprint density at radius 3 is 2.42 bits per heavy atom. The smallest absolute Gasteiger partial charge is 0.191 e. The lowest BCUT2D eigenvalue weighted by molar-refractivity contribution is 0.763. The van der Waals surface area contributed by atoms with E-state index in [2.05, 4.69) is 65.8 Å². The Bertz CT molecular complexity index is 436. The van der Waals surface area contributed by atoms with Gasteiger partial charge in [0.05, 0.1) is 0 Å². The molecule has 104 valence electrons. The molecule has 0 aliphatic heterocycles. The van der Waals surface area contributed by atoms with Crippen LogP contribution in [0.3, 0.4) is 0 Å². The predicted molar refractivity (Wildman–Crippen MR) is 81.7 cm³/mol. The largest absolute Gasteiger partial charge is 0.378 e. The minimum Gasteiger partial charge on any atom is -0.378 e. The van der Waals surface area contributed by atoms with Gasteiger partial charge in [-0.2, -0.15) is 0 Å². The summed E-state index contributed by atoms with van der Waals surface area (Å²) in [5, 5.41) is 6.77. The van der Waals surface area contributed by atoms with Crippen LogP contribution >= 0.6 is 0 Å². The highest BCUT2D eigenvalue weighted by molar-refractivity contribution is 5.80. The molecule has 0 amide bonds. The second-order valence-electron chi connectivity index (χ2n) is 5.45. The van der Waals surface area contributed by atoms with Crippen molar-refractivity contribution in [2.45, 2.75) is 25.9 Å². The van der Waals surface area contributed by atoms with Gasteiger partial charge in [0, 0.05) is 39.4 Å². The topological polar surface area (TPSA) is 39.7 Å². The number of aliphatic imine (C=N–C) groups is 1. The molecule has 0 aromatic heterocycles. The maximum Gasteiger partial charge on any atom is 0.191 e. The first-order valence-electron chi connectivity index (χ1n) is 6.83. The van der Waals surface area contributed by atoms with Crippen LogP contribution in [0.4, 0.5) is 5.69 Å². The van der Waals surface area contributed by atoms with Crippen LogP contribution in [0.25, 0.3) is 0 Å². The molecule has 1 aromatic rings. The van der Waals surface area contributed by atoms with Crippen molar-refractivity contribution in [2.24, 2.45) is 10.9 Å². The molecule has 19 heavy (non-hydrogen) atoms. The summed E-state index contributed by atoms with van der Waals surface area (Å²) in [7, 11) is 5.92. The van der Waals surface area contributed by atoms with Gasteiger partial charge < -0.3 is 15.5 Å². The predicted octanol–water partition coefficient (Wildman–Crippen LogP) is 1.83. The van der Waals surface area contributed by atoms with Crippen molar-refractivity contribution in [2.75, 3.05) is 26.0 Å². The van der Waals surface area contributed by atoms with E-state index in [1.165, 1.54) is 17.7 Å². The molecule has 4 nitrogen and oxygen atoms in total. The van der Waals surface area contributed by atoms with Crippen LogP contribution in [0.1, 0.15) is 18.9 Å². The van der Waals surface area contributed by atoms with Gasteiger partial charge in [0.15, 0.2) is 5.96 Å². The number of nitrogens with zero attached hydrogens (tertiary/aromatic N) is 2. The second kappa shape index (κ2) is 5.95. The van der Waals surface area contributed by atoms with Crippen LogP contribution < -0.4 is 15.5 Å². The third-order valence-corrected chi connectivity index (χ3v) is 3.57. The summed E-state index contributed by atoms with van der Waals surface area (Å²) >= 11 is 0. The molecule has 0 saturated heterocycles. The van der Waals surface area contributed by atoms with E-state index in [4.69, 9.17) is 0 Å². The zero-order valence-electron chi connectivity index (χ0n) is 12.3. The van der Waals surface area contributed by atoms with E-state index in [9.17, 15) is 0 Å². The van der Waals surface area contributed by atoms with Crippen LogP contribution in [0.5, 0.6) is 0 Å². The van der Waals surface area contributed by atoms with Gasteiger partial charge in [-0.1, -0.05) is 19.1 Å². The molecule has 1 aromatic carbocycles. The van der Waals surface area contributed by atoms with Crippen molar-refractivity contribution < 1.29 is 0 Å². The van der Waals surface area contributed by atoms with E-state index in [0.29, 0.717) is 6.04 Å². The van der Waals surface area contributed by atoms with Crippen molar-refractivity contribution in [1.82, 2.24) is 10.6 Å². The monoisotopic (exact) mass is 260 g/mol. The number of hydrogen-bond donors (Lipinski definition) is 2. The zero-order valence-corrected chi connectivity index (χ0v) is 12.3. The fourth-order valence-corrected chi connectivity index (χ4v) is 1.99. The maximum absolute atomic E-state index is 4.25. The summed E-state index contributed by atoms with van der Waals surface area (Å²) in [6.07, 6.45) is 1.25. The molecule has 1 aliphatic carbocycles. The molecular weight excluding hydrogens is 236 g/mol. The maximum atomic E-state index is 4.25. The van der Waals surface area contributed by atoms with Crippen molar-refractivity contribution in [1.29, 1.82) is 0 Å². The first-order valence-corrected chi connectivity index (χ1v) is 6.83. The van der Waals surface area contributed by atoms with Gasteiger partial charge in [0.2, 0.25) is 0 Å². The average molecular weight is 260 g/mol. The summed E-state index contributed by atoms with van der Waals surface area (Å²) in [4.78, 5) is 6.35. The highest BCUT2D eigenvalue weighted by Gasteiger charge is 2.33. The number of nitrogens with one attached hydrogen (secondary N) is 2. The summed E-state index contributed by atoms with van der Waals surface area (Å²) < 4.78 is 0. The van der Waals surface area contributed by atoms with Crippen molar-refractivity contribution in [3.05, 3.63) is 29.8 Å². The standard InChI is InChI=1S/C15H24N4/c1-11-9-14(11)18-15(16-2)17-10-12-5-7-13(8-6-12)19(3)4/h5-8,11,14H,9-10H2,1-4H3,(H2,16,17,18). The summed E-state index contributed by atoms with van der Waals surface area (Å²) in [6, 6.07) is 9.17. The molecule has 0 bridgehead atoms. The van der Waals surface area contributed by atoms with Crippen molar-refractivity contribution >= 4 is 11.6 Å². The van der Waals surface area contributed by atoms with E-state index in [-0.39, 0.29) is 0 Å². The van der Waals surface area contributed by atoms with Crippen LogP contribution in [-0.4, -0.2) is 33.1 Å². The summed E-state index contributed by atoms with van der Waals surface area (Å²) in [5.41, 5.74) is 2.48. The van der Waals surface area contributed by atoms with Crippen LogP contribution in [0.2, 0.25) is 0 Å². The third kappa shape index (κ3) is 3.88. The first kappa shape index (κ1) is 13.7. The SMILES string of the molecule is CN=C(NCc1ccc(N(C)C)cc1)NC1CC1C. The van der Waals surface area contributed by atoms with Gasteiger partial charge in [0.25, 0.3) is 0 Å². The summed E-state index contributed by atoms with van der Waals surface area (Å²) in [5.74, 6) is 1.67. The Morgan fingerprint density at radius 1 is 1.32 bits per heavy atom. The molecular formula is C15H24N4. The normalized spacial score (nSPS) is 22.0. The van der Waals surface area contributed by atoms with E-state index in [1.807, 2.05) is 7.05 Å². The molecule has 1 saturated carbocycles. The molecule has 1 aliphatic rings. The Balaban J connectivity index is 1.83. The number of anilines is 1. The zero-order chi connectivity index (χ0) is 13.8. The number of rotatable bonds is 4. The lowest BCUT2D eigenvalue weighted by Gasteiger charge is -2.14. The number of guanidine groups is 1. The fraction of sp³-hybridized carbons (Fsp3) is 0.533. The molecule has 4 heteroatoms. The van der Waals surface area contributed by atoms with Crippen LogP contribution in [-0.2, 0) is 6.54 Å². The number of benzene rings is 1. The molecule has 0 radical (unpaired) electrons. The number of hydrogen-bond acceptors (Lipinski definition) is 2. The van der Waals surface area contributed by atoms with E-state index in [1.54, 1.807) is 0 Å². The lowest BCUT2D eigenvalue weighted by Crippen LogP contribution is -2.38. The van der Waals surface area contributed by atoms with Gasteiger partial charge in [-0.15, -0.1) is 0 Å². The molecule has 0 spiro atoms. The molecule has 2 unspecified atom stereocenters. The molecule has 2 N–H and O–H groups in total. The minimum absolute atomic E-state index is 0.599. The minimum atomic E-state index is 0.599. The van der Waals surface area contributed by atoms with Crippen molar-refractivity contribution in [3.8, 4) is 0 Å². The summed E-state index contributed by atoms with van der Waals surface area (Å²) in [6.45, 7) is 3.05. The molecule has 2 rings (SSSR count). The van der Waals surface area contributed by atoms with E-state index < -0.39 is 0 Å². The third-order valence-electron chi connectivity index (χ3n) is 3.57. The fourth-order valence-electron chi connectivity index (χ4n) is 1.99. The van der Waals surface area contributed by atoms with Gasteiger partial charge in [0.1, 0.15) is 0 Å². The van der Waals surface area contributed by atoms with Gasteiger partial charge in [-0.05, 0) is 30.0 Å². The van der Waals surface area contributed by atoms with Gasteiger partial charge in [-0.25, -0.2) is 0 Å². The Kier molecular flexibility index (Phi) is 4.30. The lowest BCUT2D eigenvalue weighted by atomic mass is 10.2. The second-order valence-corrected chi connectivity index (χ2v) is 5.45. The molecule has 2 atom stereocenters. The Labute approximate surface area is 115 Å². The molecule has 1 fully saturated rings. The molecule has 0 heterocycles. The highest BCUT2D eigenvalue weighted by Crippen LogP contribution is 2.28. The quantitative estimate of drug-likeness (QED) is 0.641. The van der Waals surface area contributed by atoms with Gasteiger partial charge in [-0.3, -0.25) is 4.99 Å².